The van der Waals surface area contributed by atoms with E-state index in [0.717, 1.165) is 18.7 Å². The Morgan fingerprint density at radius 2 is 2.00 bits per heavy atom. The van der Waals surface area contributed by atoms with E-state index in [2.05, 4.69) is 31.9 Å². The van der Waals surface area contributed by atoms with Crippen molar-refractivity contribution in [1.29, 1.82) is 0 Å². The van der Waals surface area contributed by atoms with Crippen molar-refractivity contribution in [3.8, 4) is 0 Å². The van der Waals surface area contributed by atoms with Gasteiger partial charge in [-0.25, -0.2) is 4.39 Å². The standard InChI is InChI=1S/C12H8Br2ClFS/c1-6-4-9(14)12(17-6)11(15)8-5-7(13)2-3-10(8)16/h2-5,11H,1H3. The van der Waals surface area contributed by atoms with E-state index in [-0.39, 0.29) is 5.82 Å². The molecule has 0 aliphatic rings. The van der Waals surface area contributed by atoms with Crippen molar-refractivity contribution >= 4 is 54.8 Å². The van der Waals surface area contributed by atoms with Crippen molar-refractivity contribution in [3.05, 3.63) is 54.3 Å². The third-order valence-corrected chi connectivity index (χ3v) is 5.41. The molecule has 1 atom stereocenters. The molecule has 1 aromatic carbocycles. The number of hydrogen-bond acceptors (Lipinski definition) is 1. The van der Waals surface area contributed by atoms with Gasteiger partial charge in [0.15, 0.2) is 0 Å². The Hall–Kier alpha value is 0.1000. The first-order valence-corrected chi connectivity index (χ1v) is 7.68. The van der Waals surface area contributed by atoms with E-state index in [1.807, 2.05) is 13.0 Å². The molecular weight excluding hydrogens is 390 g/mol. The Bertz CT molecular complexity index is 553. The van der Waals surface area contributed by atoms with Crippen LogP contribution in [-0.2, 0) is 0 Å². The van der Waals surface area contributed by atoms with E-state index in [1.54, 1.807) is 23.5 Å². The molecule has 1 heterocycles. The Balaban J connectivity index is 2.46. The van der Waals surface area contributed by atoms with Crippen LogP contribution in [0.2, 0.25) is 0 Å². The summed E-state index contributed by atoms with van der Waals surface area (Å²) >= 11 is 14.7. The Morgan fingerprint density at radius 3 is 2.59 bits per heavy atom. The van der Waals surface area contributed by atoms with Crippen LogP contribution in [0.4, 0.5) is 4.39 Å². The fourth-order valence-corrected chi connectivity index (χ4v) is 4.33. The van der Waals surface area contributed by atoms with Crippen LogP contribution in [0.15, 0.2) is 33.2 Å². The summed E-state index contributed by atoms with van der Waals surface area (Å²) < 4.78 is 15.5. The highest BCUT2D eigenvalue weighted by Crippen LogP contribution is 2.40. The summed E-state index contributed by atoms with van der Waals surface area (Å²) in [6.07, 6.45) is 0. The van der Waals surface area contributed by atoms with Gasteiger partial charge in [0.05, 0.1) is 5.38 Å². The van der Waals surface area contributed by atoms with Crippen LogP contribution >= 0.6 is 54.8 Å². The summed E-state index contributed by atoms with van der Waals surface area (Å²) in [6, 6.07) is 6.79. The summed E-state index contributed by atoms with van der Waals surface area (Å²) in [5.74, 6) is -0.286. The zero-order valence-corrected chi connectivity index (χ0v) is 13.6. The zero-order valence-electron chi connectivity index (χ0n) is 8.81. The van der Waals surface area contributed by atoms with Crippen LogP contribution in [0.5, 0.6) is 0 Å². The fourth-order valence-electron chi connectivity index (χ4n) is 1.52. The molecule has 0 saturated heterocycles. The molecule has 0 N–H and O–H groups in total. The van der Waals surface area contributed by atoms with E-state index in [4.69, 9.17) is 11.6 Å². The average molecular weight is 399 g/mol. The maximum Gasteiger partial charge on any atom is 0.128 e. The molecule has 1 aromatic heterocycles. The Kier molecular flexibility index (Phi) is 4.29. The zero-order chi connectivity index (χ0) is 12.6. The van der Waals surface area contributed by atoms with Crippen LogP contribution in [0.25, 0.3) is 0 Å². The molecule has 2 aromatic rings. The highest BCUT2D eigenvalue weighted by Gasteiger charge is 2.20. The summed E-state index contributed by atoms with van der Waals surface area (Å²) in [7, 11) is 0. The first kappa shape index (κ1) is 13.5. The minimum atomic E-state index is -0.472. The van der Waals surface area contributed by atoms with E-state index in [1.165, 1.54) is 6.07 Å². The minimum absolute atomic E-state index is 0.286. The molecule has 0 amide bonds. The maximum atomic E-state index is 13.7. The van der Waals surface area contributed by atoms with Crippen LogP contribution < -0.4 is 0 Å². The first-order chi connectivity index (χ1) is 7.99. The molecule has 0 spiro atoms. The second kappa shape index (κ2) is 5.39. The van der Waals surface area contributed by atoms with Gasteiger partial charge in [0, 0.05) is 24.3 Å². The molecule has 0 radical (unpaired) electrons. The topological polar surface area (TPSA) is 0 Å². The van der Waals surface area contributed by atoms with Gasteiger partial charge in [-0.2, -0.15) is 0 Å². The predicted octanol–water partition coefficient (Wildman–Crippen LogP) is 6.05. The highest BCUT2D eigenvalue weighted by molar-refractivity contribution is 9.10. The lowest BCUT2D eigenvalue weighted by molar-refractivity contribution is 0.612. The third kappa shape index (κ3) is 2.92. The van der Waals surface area contributed by atoms with Gasteiger partial charge in [-0.05, 0) is 47.1 Å². The quantitative estimate of drug-likeness (QED) is 0.540. The van der Waals surface area contributed by atoms with Crippen molar-refractivity contribution in [2.75, 3.05) is 0 Å². The summed E-state index contributed by atoms with van der Waals surface area (Å²) in [4.78, 5) is 2.08. The first-order valence-electron chi connectivity index (χ1n) is 4.84. The van der Waals surface area contributed by atoms with Gasteiger partial charge < -0.3 is 0 Å². The lowest BCUT2D eigenvalue weighted by atomic mass is 10.1. The fraction of sp³-hybridized carbons (Fsp3) is 0.167. The molecule has 1 unspecified atom stereocenters. The molecule has 0 aliphatic heterocycles. The maximum absolute atomic E-state index is 13.7. The predicted molar refractivity (Wildman–Crippen MR) is 78.6 cm³/mol. The smallest absolute Gasteiger partial charge is 0.128 e. The van der Waals surface area contributed by atoms with Gasteiger partial charge >= 0.3 is 0 Å². The van der Waals surface area contributed by atoms with Gasteiger partial charge in [0.25, 0.3) is 0 Å². The summed E-state index contributed by atoms with van der Waals surface area (Å²) in [6.45, 7) is 2.00. The van der Waals surface area contributed by atoms with Gasteiger partial charge in [0.1, 0.15) is 5.82 Å². The van der Waals surface area contributed by atoms with Gasteiger partial charge in [-0.15, -0.1) is 22.9 Å². The second-order valence-corrected chi connectivity index (χ2v) is 7.09. The molecule has 0 bridgehead atoms. The second-order valence-electron chi connectivity index (χ2n) is 3.60. The van der Waals surface area contributed by atoms with E-state index in [0.29, 0.717) is 5.56 Å². The number of halogens is 4. The number of hydrogen-bond donors (Lipinski definition) is 0. The molecule has 0 saturated carbocycles. The molecule has 90 valence electrons. The minimum Gasteiger partial charge on any atom is -0.207 e. The summed E-state index contributed by atoms with van der Waals surface area (Å²) in [5.41, 5.74) is 0.489. The van der Waals surface area contributed by atoms with Crippen molar-refractivity contribution in [2.24, 2.45) is 0 Å². The van der Waals surface area contributed by atoms with Crippen molar-refractivity contribution in [3.63, 3.8) is 0 Å². The highest BCUT2D eigenvalue weighted by atomic mass is 79.9. The molecule has 5 heteroatoms. The molecule has 2 rings (SSSR count). The van der Waals surface area contributed by atoms with Gasteiger partial charge in [-0.1, -0.05) is 15.9 Å². The Labute approximate surface area is 125 Å². The lowest BCUT2D eigenvalue weighted by Gasteiger charge is -2.10. The van der Waals surface area contributed by atoms with E-state index < -0.39 is 5.38 Å². The third-order valence-electron chi connectivity index (χ3n) is 2.30. The molecule has 0 aliphatic carbocycles. The Morgan fingerprint density at radius 1 is 1.29 bits per heavy atom. The largest absolute Gasteiger partial charge is 0.207 e. The molecular formula is C12H8Br2ClFS. The van der Waals surface area contributed by atoms with Crippen molar-refractivity contribution in [2.45, 2.75) is 12.3 Å². The van der Waals surface area contributed by atoms with Crippen LogP contribution in [-0.4, -0.2) is 0 Å². The molecule has 0 fully saturated rings. The lowest BCUT2D eigenvalue weighted by Crippen LogP contribution is -1.95. The van der Waals surface area contributed by atoms with Gasteiger partial charge in [0.2, 0.25) is 0 Å². The normalized spacial score (nSPS) is 12.8. The monoisotopic (exact) mass is 396 g/mol. The average Bonchev–Trinajstić information content (AvgIpc) is 2.60. The number of aryl methyl sites for hydroxylation is 1. The number of alkyl halides is 1. The molecule has 0 nitrogen and oxygen atoms in total. The SMILES string of the molecule is Cc1cc(Br)c(C(Cl)c2cc(Br)ccc2F)s1. The van der Waals surface area contributed by atoms with E-state index >= 15 is 0 Å². The van der Waals surface area contributed by atoms with Gasteiger partial charge in [-0.3, -0.25) is 0 Å². The van der Waals surface area contributed by atoms with Crippen LogP contribution in [0, 0.1) is 12.7 Å². The molecule has 17 heavy (non-hydrogen) atoms. The van der Waals surface area contributed by atoms with Crippen molar-refractivity contribution < 1.29 is 4.39 Å². The van der Waals surface area contributed by atoms with Crippen LogP contribution in [0.1, 0.15) is 20.7 Å². The number of thiophene rings is 1. The number of rotatable bonds is 2. The summed E-state index contributed by atoms with van der Waals surface area (Å²) in [5, 5.41) is -0.472. The number of benzene rings is 1. The van der Waals surface area contributed by atoms with E-state index in [9.17, 15) is 4.39 Å². The van der Waals surface area contributed by atoms with Crippen LogP contribution in [0.3, 0.4) is 0 Å². The van der Waals surface area contributed by atoms with Crippen molar-refractivity contribution in [1.82, 2.24) is 0 Å².